The fourth-order valence-corrected chi connectivity index (χ4v) is 5.66. The van der Waals surface area contributed by atoms with Gasteiger partial charge in [-0.3, -0.25) is 24.5 Å². The monoisotopic (exact) mass is 688 g/mol. The molecule has 1 aromatic heterocycles. The molecule has 0 aliphatic carbocycles. The molecular weight excluding hydrogens is 644 g/mol. The molecular formula is C37H44N4O9. The number of amides is 1. The number of non-ortho nitro benzene ring substituents is 1. The first-order valence-corrected chi connectivity index (χ1v) is 17.0. The summed E-state index contributed by atoms with van der Waals surface area (Å²) in [6.45, 7) is 3.18. The number of benzene rings is 3. The number of aromatic hydroxyl groups is 1. The van der Waals surface area contributed by atoms with E-state index in [1.54, 1.807) is 24.3 Å². The third kappa shape index (κ3) is 10.0. The number of nitro benzene ring substituents is 1. The summed E-state index contributed by atoms with van der Waals surface area (Å²) in [4.78, 5) is 47.0. The molecule has 0 aliphatic heterocycles. The highest BCUT2D eigenvalue weighted by atomic mass is 16.6. The molecule has 0 bridgehead atoms. The number of carbonyl (C=O) groups excluding carboxylic acids is 2. The number of carboxylic acid groups (broad SMARTS) is 1. The van der Waals surface area contributed by atoms with Crippen LogP contribution in [-0.2, 0) is 27.4 Å². The van der Waals surface area contributed by atoms with Crippen molar-refractivity contribution in [3.05, 3.63) is 81.5 Å². The van der Waals surface area contributed by atoms with E-state index < -0.39 is 22.8 Å². The molecule has 13 heteroatoms. The molecule has 0 atom stereocenters. The molecule has 0 saturated carbocycles. The van der Waals surface area contributed by atoms with Crippen LogP contribution < -0.4 is 10.1 Å². The van der Waals surface area contributed by atoms with Gasteiger partial charge in [0.25, 0.3) is 11.6 Å². The topological polar surface area (TPSA) is 183 Å². The van der Waals surface area contributed by atoms with Crippen LogP contribution in [0.15, 0.2) is 54.6 Å². The van der Waals surface area contributed by atoms with Crippen molar-refractivity contribution in [3.63, 3.8) is 0 Å². The first-order chi connectivity index (χ1) is 24.1. The number of aliphatic carboxylic acids is 1. The third-order valence-corrected chi connectivity index (χ3v) is 8.32. The lowest BCUT2D eigenvalue weighted by Gasteiger charge is -2.16. The summed E-state index contributed by atoms with van der Waals surface area (Å²) in [5, 5.41) is 39.6. The molecule has 50 heavy (non-hydrogen) atoms. The normalized spacial score (nSPS) is 11.0. The Kier molecular flexibility index (Phi) is 13.7. The number of aromatic nitrogens is 2. The molecule has 0 unspecified atom stereocenters. The van der Waals surface area contributed by atoms with E-state index in [-0.39, 0.29) is 48.2 Å². The number of carboxylic acids is 1. The van der Waals surface area contributed by atoms with Gasteiger partial charge in [0.1, 0.15) is 18.1 Å². The van der Waals surface area contributed by atoms with Gasteiger partial charge in [0.05, 0.1) is 33.9 Å². The molecule has 1 heterocycles. The zero-order chi connectivity index (χ0) is 36.0. The third-order valence-electron chi connectivity index (χ3n) is 8.32. The fourth-order valence-electron chi connectivity index (χ4n) is 5.66. The SMILES string of the molecule is CCCCCCCCCCCc1nn(-c2ccc([N+](=O)[O-])cc2)c(Oc2cc(C(=O)NCCC(=O)O)c(O)c3ccccc23)c1COC(C)=O. The highest BCUT2D eigenvalue weighted by molar-refractivity contribution is 6.06. The van der Waals surface area contributed by atoms with Crippen molar-refractivity contribution < 1.29 is 39.0 Å². The molecule has 0 spiro atoms. The fraction of sp³-hybridized carbons (Fsp3) is 0.405. The predicted octanol–water partition coefficient (Wildman–Crippen LogP) is 7.77. The minimum Gasteiger partial charge on any atom is -0.506 e. The van der Waals surface area contributed by atoms with E-state index in [2.05, 4.69) is 12.2 Å². The number of hydrogen-bond acceptors (Lipinski definition) is 9. The van der Waals surface area contributed by atoms with Crippen molar-refractivity contribution in [2.24, 2.45) is 0 Å². The van der Waals surface area contributed by atoms with Crippen LogP contribution in [0.3, 0.4) is 0 Å². The van der Waals surface area contributed by atoms with Gasteiger partial charge < -0.3 is 25.0 Å². The standard InChI is InChI=1S/C37H44N4O9/c1-3-4-5-6-7-8-9-10-11-16-32-31(24-49-25(2)42)37(40(39-32)26-17-19-27(20-18-26)41(47)48)50-33-23-30(36(46)38-22-21-34(43)44)35(45)29-15-13-12-14-28(29)33/h12-15,17-20,23,45H,3-11,16,21-22,24H2,1-2H3,(H,38,46)(H,43,44). The first-order valence-electron chi connectivity index (χ1n) is 17.0. The van der Waals surface area contributed by atoms with Crippen LogP contribution in [-0.4, -0.2) is 49.3 Å². The molecule has 4 rings (SSSR count). The number of ether oxygens (including phenoxy) is 2. The second kappa shape index (κ2) is 18.3. The average molecular weight is 689 g/mol. The number of unbranched alkanes of at least 4 members (excludes halogenated alkanes) is 8. The van der Waals surface area contributed by atoms with E-state index in [9.17, 15) is 29.6 Å². The van der Waals surface area contributed by atoms with Crippen molar-refractivity contribution in [2.75, 3.05) is 6.54 Å². The zero-order valence-corrected chi connectivity index (χ0v) is 28.5. The Labute approximate surface area is 290 Å². The van der Waals surface area contributed by atoms with Crippen molar-refractivity contribution in [2.45, 2.75) is 91.1 Å². The van der Waals surface area contributed by atoms with Gasteiger partial charge in [-0.1, -0.05) is 82.6 Å². The Morgan fingerprint density at radius 2 is 1.58 bits per heavy atom. The highest BCUT2D eigenvalue weighted by Gasteiger charge is 2.25. The number of esters is 1. The molecule has 266 valence electrons. The number of phenols is 1. The maximum atomic E-state index is 13.1. The predicted molar refractivity (Wildman–Crippen MR) is 187 cm³/mol. The number of aryl methyl sites for hydroxylation is 1. The van der Waals surface area contributed by atoms with Gasteiger partial charge in [-0.25, -0.2) is 4.68 Å². The summed E-state index contributed by atoms with van der Waals surface area (Å²) in [5.74, 6) is -2.27. The molecule has 0 saturated heterocycles. The summed E-state index contributed by atoms with van der Waals surface area (Å²) in [5.41, 5.74) is 1.31. The largest absolute Gasteiger partial charge is 0.506 e. The van der Waals surface area contributed by atoms with Gasteiger partial charge in [-0.15, -0.1) is 0 Å². The second-order valence-corrected chi connectivity index (χ2v) is 12.1. The molecule has 0 radical (unpaired) electrons. The molecule has 3 N–H and O–H groups in total. The highest BCUT2D eigenvalue weighted by Crippen LogP contribution is 2.40. The van der Waals surface area contributed by atoms with Crippen LogP contribution >= 0.6 is 0 Å². The zero-order valence-electron chi connectivity index (χ0n) is 28.5. The van der Waals surface area contributed by atoms with Crippen LogP contribution in [0.4, 0.5) is 5.69 Å². The average Bonchev–Trinajstić information content (AvgIpc) is 3.43. The minimum atomic E-state index is -1.09. The quantitative estimate of drug-likeness (QED) is 0.0359. The van der Waals surface area contributed by atoms with E-state index in [0.717, 1.165) is 25.7 Å². The summed E-state index contributed by atoms with van der Waals surface area (Å²) >= 11 is 0. The van der Waals surface area contributed by atoms with Crippen molar-refractivity contribution in [3.8, 4) is 23.1 Å². The Bertz CT molecular complexity index is 1800. The number of carbonyl (C=O) groups is 3. The summed E-state index contributed by atoms with van der Waals surface area (Å²) in [6.07, 6.45) is 10.4. The van der Waals surface area contributed by atoms with Gasteiger partial charge in [0.15, 0.2) is 0 Å². The lowest BCUT2D eigenvalue weighted by molar-refractivity contribution is -0.384. The number of fused-ring (bicyclic) bond motifs is 1. The molecule has 13 nitrogen and oxygen atoms in total. The summed E-state index contributed by atoms with van der Waals surface area (Å²) in [7, 11) is 0. The molecule has 4 aromatic rings. The smallest absolute Gasteiger partial charge is 0.305 e. The number of nitro groups is 1. The van der Waals surface area contributed by atoms with Gasteiger partial charge in [-0.05, 0) is 31.0 Å². The number of phenolic OH excluding ortho intramolecular Hbond substituents is 1. The Morgan fingerprint density at radius 3 is 2.20 bits per heavy atom. The summed E-state index contributed by atoms with van der Waals surface area (Å²) in [6, 6.07) is 13.9. The molecule has 1 amide bonds. The van der Waals surface area contributed by atoms with Gasteiger partial charge in [0.2, 0.25) is 5.88 Å². The number of rotatable bonds is 20. The minimum absolute atomic E-state index is 0.110. The Hall–Kier alpha value is -5.46. The van der Waals surface area contributed by atoms with Gasteiger partial charge in [-0.2, -0.15) is 5.10 Å². The van der Waals surface area contributed by atoms with E-state index in [1.165, 1.54) is 74.0 Å². The maximum Gasteiger partial charge on any atom is 0.305 e. The van der Waals surface area contributed by atoms with Crippen LogP contribution in [0, 0.1) is 10.1 Å². The van der Waals surface area contributed by atoms with E-state index in [4.69, 9.17) is 19.7 Å². The number of hydrogen-bond donors (Lipinski definition) is 3. The van der Waals surface area contributed by atoms with Crippen LogP contribution in [0.5, 0.6) is 17.4 Å². The lowest BCUT2D eigenvalue weighted by Crippen LogP contribution is -2.26. The lowest BCUT2D eigenvalue weighted by atomic mass is 10.0. The summed E-state index contributed by atoms with van der Waals surface area (Å²) < 4.78 is 13.5. The Balaban J connectivity index is 1.75. The van der Waals surface area contributed by atoms with E-state index >= 15 is 0 Å². The second-order valence-electron chi connectivity index (χ2n) is 12.1. The number of nitrogens with zero attached hydrogens (tertiary/aromatic N) is 3. The molecule has 0 aliphatic rings. The van der Waals surface area contributed by atoms with E-state index in [0.29, 0.717) is 34.1 Å². The van der Waals surface area contributed by atoms with Crippen LogP contribution in [0.25, 0.3) is 16.5 Å². The van der Waals surface area contributed by atoms with Crippen molar-refractivity contribution in [1.82, 2.24) is 15.1 Å². The van der Waals surface area contributed by atoms with E-state index in [1.807, 2.05) is 0 Å². The van der Waals surface area contributed by atoms with Gasteiger partial charge >= 0.3 is 11.9 Å². The van der Waals surface area contributed by atoms with Crippen LogP contribution in [0.2, 0.25) is 0 Å². The first kappa shape index (κ1) is 37.4. The van der Waals surface area contributed by atoms with Crippen molar-refractivity contribution >= 4 is 34.3 Å². The van der Waals surface area contributed by atoms with Crippen molar-refractivity contribution in [1.29, 1.82) is 0 Å². The Morgan fingerprint density at radius 1 is 0.940 bits per heavy atom. The van der Waals surface area contributed by atoms with Gasteiger partial charge in [0, 0.05) is 36.4 Å². The molecule has 3 aromatic carbocycles. The molecule has 0 fully saturated rings. The number of nitrogens with one attached hydrogen (secondary N) is 1. The van der Waals surface area contributed by atoms with Crippen LogP contribution in [0.1, 0.15) is 99.7 Å². The maximum absolute atomic E-state index is 13.1.